The normalized spacial score (nSPS) is 11.5. The number of hydrogen-bond donors (Lipinski definition) is 1. The lowest BCUT2D eigenvalue weighted by atomic mass is 10.2. The summed E-state index contributed by atoms with van der Waals surface area (Å²) in [4.78, 5) is 34.4. The van der Waals surface area contributed by atoms with Gasteiger partial charge in [-0.2, -0.15) is 0 Å². The third-order valence-electron chi connectivity index (χ3n) is 2.46. The molecule has 1 aromatic carbocycles. The van der Waals surface area contributed by atoms with Crippen LogP contribution in [0, 0.1) is 0 Å². The van der Waals surface area contributed by atoms with Crippen molar-refractivity contribution in [2.45, 2.75) is 26.8 Å². The first-order chi connectivity index (χ1) is 8.82. The van der Waals surface area contributed by atoms with Crippen molar-refractivity contribution in [1.82, 2.24) is 0 Å². The van der Waals surface area contributed by atoms with Crippen molar-refractivity contribution in [3.8, 4) is 5.75 Å². The second-order valence-electron chi connectivity index (χ2n) is 3.99. The van der Waals surface area contributed by atoms with Crippen molar-refractivity contribution in [2.24, 2.45) is 0 Å². The number of hydrogen-bond acceptors (Lipinski definition) is 4. The summed E-state index contributed by atoms with van der Waals surface area (Å²) in [5.41, 5.74) is 0.429. The molecule has 1 rings (SSSR count). The lowest BCUT2D eigenvalue weighted by Gasteiger charge is -2.25. The fourth-order valence-electron chi connectivity index (χ4n) is 1.63. The van der Waals surface area contributed by atoms with Gasteiger partial charge < -0.3 is 9.84 Å². The molecule has 0 bridgehead atoms. The highest BCUT2D eigenvalue weighted by atomic mass is 16.5. The SMILES string of the molecule is CC(=O)Oc1ccc(N(C(C)=O)[C@H](C)C(=O)O)cc1. The molecule has 0 aliphatic rings. The van der Waals surface area contributed by atoms with Gasteiger partial charge in [0, 0.05) is 19.5 Å². The second-order valence-corrected chi connectivity index (χ2v) is 3.99. The Kier molecular flexibility index (Phi) is 4.63. The van der Waals surface area contributed by atoms with E-state index in [4.69, 9.17) is 9.84 Å². The topological polar surface area (TPSA) is 83.9 Å². The van der Waals surface area contributed by atoms with Crippen LogP contribution in [0.4, 0.5) is 5.69 Å². The molecule has 0 heterocycles. The molecule has 0 saturated carbocycles. The van der Waals surface area contributed by atoms with Crippen LogP contribution in [0.1, 0.15) is 20.8 Å². The van der Waals surface area contributed by atoms with Gasteiger partial charge in [0.1, 0.15) is 11.8 Å². The number of carboxylic acids is 1. The Hall–Kier alpha value is -2.37. The number of ether oxygens (including phenoxy) is 1. The monoisotopic (exact) mass is 265 g/mol. The maximum absolute atomic E-state index is 11.5. The zero-order valence-electron chi connectivity index (χ0n) is 10.9. The van der Waals surface area contributed by atoms with Crippen molar-refractivity contribution in [2.75, 3.05) is 4.90 Å². The van der Waals surface area contributed by atoms with Crippen LogP contribution < -0.4 is 9.64 Å². The molecule has 0 aliphatic heterocycles. The van der Waals surface area contributed by atoms with E-state index in [2.05, 4.69) is 0 Å². The van der Waals surface area contributed by atoms with Gasteiger partial charge in [-0.25, -0.2) is 4.79 Å². The van der Waals surface area contributed by atoms with Crippen LogP contribution in [0.15, 0.2) is 24.3 Å². The van der Waals surface area contributed by atoms with Gasteiger partial charge in [-0.15, -0.1) is 0 Å². The van der Waals surface area contributed by atoms with Gasteiger partial charge in [-0.05, 0) is 31.2 Å². The van der Waals surface area contributed by atoms with Crippen LogP contribution in [0.3, 0.4) is 0 Å². The molecule has 6 nitrogen and oxygen atoms in total. The van der Waals surface area contributed by atoms with Gasteiger partial charge in [-0.1, -0.05) is 0 Å². The molecule has 0 unspecified atom stereocenters. The van der Waals surface area contributed by atoms with Crippen LogP contribution >= 0.6 is 0 Å². The molecule has 1 atom stereocenters. The van der Waals surface area contributed by atoms with Crippen LogP contribution in [0.5, 0.6) is 5.75 Å². The fraction of sp³-hybridized carbons (Fsp3) is 0.308. The molecular formula is C13H15NO5. The summed E-state index contributed by atoms with van der Waals surface area (Å²) in [6, 6.07) is 5.08. The number of aliphatic carboxylic acids is 1. The lowest BCUT2D eigenvalue weighted by molar-refractivity contribution is -0.139. The molecule has 0 radical (unpaired) electrons. The van der Waals surface area contributed by atoms with Crippen molar-refractivity contribution < 1.29 is 24.2 Å². The van der Waals surface area contributed by atoms with Gasteiger partial charge in [-0.3, -0.25) is 14.5 Å². The summed E-state index contributed by atoms with van der Waals surface area (Å²) in [5.74, 6) is -1.59. The summed E-state index contributed by atoms with van der Waals surface area (Å²) in [7, 11) is 0. The fourth-order valence-corrected chi connectivity index (χ4v) is 1.63. The Balaban J connectivity index is 3.01. The summed E-state index contributed by atoms with van der Waals surface area (Å²) >= 11 is 0. The number of benzene rings is 1. The van der Waals surface area contributed by atoms with Crippen molar-refractivity contribution in [1.29, 1.82) is 0 Å². The van der Waals surface area contributed by atoms with E-state index >= 15 is 0 Å². The predicted octanol–water partition coefficient (Wildman–Crippen LogP) is 1.44. The van der Waals surface area contributed by atoms with E-state index in [0.29, 0.717) is 11.4 Å². The van der Waals surface area contributed by atoms with Crippen molar-refractivity contribution in [3.63, 3.8) is 0 Å². The number of esters is 1. The zero-order chi connectivity index (χ0) is 14.6. The Bertz CT molecular complexity index is 494. The van der Waals surface area contributed by atoms with Crippen molar-refractivity contribution in [3.05, 3.63) is 24.3 Å². The average Bonchev–Trinajstić information content (AvgIpc) is 2.30. The molecule has 6 heteroatoms. The van der Waals surface area contributed by atoms with Gasteiger partial charge in [0.05, 0.1) is 0 Å². The van der Waals surface area contributed by atoms with Crippen LogP contribution in [0.2, 0.25) is 0 Å². The summed E-state index contributed by atoms with van der Waals surface area (Å²) in [6.07, 6.45) is 0. The molecule has 0 aromatic heterocycles. The third-order valence-corrected chi connectivity index (χ3v) is 2.46. The van der Waals surface area contributed by atoms with Crippen LogP contribution in [0.25, 0.3) is 0 Å². The number of anilines is 1. The molecule has 1 aromatic rings. The van der Waals surface area contributed by atoms with Gasteiger partial charge in [0.15, 0.2) is 0 Å². The van der Waals surface area contributed by atoms with Crippen LogP contribution in [-0.4, -0.2) is 29.0 Å². The first kappa shape index (κ1) is 14.7. The van der Waals surface area contributed by atoms with E-state index in [1.165, 1.54) is 45.0 Å². The molecule has 0 spiro atoms. The number of carbonyl (C=O) groups is 3. The number of rotatable bonds is 4. The highest BCUT2D eigenvalue weighted by Crippen LogP contribution is 2.21. The van der Waals surface area contributed by atoms with Gasteiger partial charge in [0.25, 0.3) is 0 Å². The minimum absolute atomic E-state index is 0.336. The summed E-state index contributed by atoms with van der Waals surface area (Å²) in [6.45, 7) is 3.99. The first-order valence-electron chi connectivity index (χ1n) is 5.64. The van der Waals surface area contributed by atoms with E-state index in [1.54, 1.807) is 0 Å². The highest BCUT2D eigenvalue weighted by molar-refractivity contribution is 5.97. The Labute approximate surface area is 110 Å². The number of carboxylic acid groups (broad SMARTS) is 1. The Morgan fingerprint density at radius 1 is 1.16 bits per heavy atom. The molecule has 102 valence electrons. The molecule has 19 heavy (non-hydrogen) atoms. The highest BCUT2D eigenvalue weighted by Gasteiger charge is 2.24. The number of nitrogens with zero attached hydrogens (tertiary/aromatic N) is 1. The molecule has 0 aliphatic carbocycles. The zero-order valence-corrected chi connectivity index (χ0v) is 10.9. The molecule has 0 fully saturated rings. The third kappa shape index (κ3) is 3.80. The van der Waals surface area contributed by atoms with Gasteiger partial charge >= 0.3 is 11.9 Å². The lowest BCUT2D eigenvalue weighted by Crippen LogP contribution is -2.42. The van der Waals surface area contributed by atoms with E-state index in [1.807, 2.05) is 0 Å². The average molecular weight is 265 g/mol. The smallest absolute Gasteiger partial charge is 0.326 e. The minimum Gasteiger partial charge on any atom is -0.480 e. The van der Waals surface area contributed by atoms with Gasteiger partial charge in [0.2, 0.25) is 5.91 Å². The standard InChI is InChI=1S/C13H15NO5/c1-8(13(17)18)14(9(2)15)11-4-6-12(7-5-11)19-10(3)16/h4-8H,1-3H3,(H,17,18)/t8-/m1/s1. The molecular weight excluding hydrogens is 250 g/mol. The first-order valence-corrected chi connectivity index (χ1v) is 5.64. The van der Waals surface area contributed by atoms with E-state index in [9.17, 15) is 14.4 Å². The molecule has 1 N–H and O–H groups in total. The van der Waals surface area contributed by atoms with E-state index < -0.39 is 18.0 Å². The largest absolute Gasteiger partial charge is 0.480 e. The van der Waals surface area contributed by atoms with E-state index in [0.717, 1.165) is 4.90 Å². The minimum atomic E-state index is -1.10. The summed E-state index contributed by atoms with van der Waals surface area (Å²) < 4.78 is 4.86. The Morgan fingerprint density at radius 3 is 2.05 bits per heavy atom. The van der Waals surface area contributed by atoms with Crippen LogP contribution in [-0.2, 0) is 14.4 Å². The summed E-state index contributed by atoms with van der Waals surface area (Å²) in [5, 5.41) is 8.97. The number of amides is 1. The maximum atomic E-state index is 11.5. The number of carbonyl (C=O) groups excluding carboxylic acids is 2. The molecule has 0 saturated heterocycles. The molecule has 1 amide bonds. The Morgan fingerprint density at radius 2 is 1.68 bits per heavy atom. The predicted molar refractivity (Wildman–Crippen MR) is 68.0 cm³/mol. The maximum Gasteiger partial charge on any atom is 0.326 e. The van der Waals surface area contributed by atoms with Crippen molar-refractivity contribution >= 4 is 23.5 Å². The van der Waals surface area contributed by atoms with E-state index in [-0.39, 0.29) is 5.91 Å². The second kappa shape index (κ2) is 5.99. The quantitative estimate of drug-likeness (QED) is 0.657.